The van der Waals surface area contributed by atoms with E-state index in [0.29, 0.717) is 25.2 Å². The molecule has 1 N–H and O–H groups in total. The minimum absolute atomic E-state index is 0.158. The number of aliphatic hydroxyl groups is 1. The Morgan fingerprint density at radius 1 is 1.39 bits per heavy atom. The van der Waals surface area contributed by atoms with E-state index in [0.717, 1.165) is 16.9 Å². The van der Waals surface area contributed by atoms with Gasteiger partial charge in [-0.05, 0) is 35.7 Å². The monoisotopic (exact) mass is 311 g/mol. The molecule has 2 atom stereocenters. The second-order valence-electron chi connectivity index (χ2n) is 6.07. The number of aliphatic hydroxyl groups excluding tert-OH is 1. The van der Waals surface area contributed by atoms with Gasteiger partial charge in [0.1, 0.15) is 17.5 Å². The van der Waals surface area contributed by atoms with Crippen molar-refractivity contribution in [1.82, 2.24) is 9.47 Å². The lowest BCUT2D eigenvalue weighted by Gasteiger charge is -2.24. The lowest BCUT2D eigenvalue weighted by atomic mass is 10.0. The molecule has 1 aliphatic heterocycles. The summed E-state index contributed by atoms with van der Waals surface area (Å²) in [5.74, 6) is 0.829. The van der Waals surface area contributed by atoms with Crippen LogP contribution in [0.5, 0.6) is 5.75 Å². The van der Waals surface area contributed by atoms with Crippen molar-refractivity contribution in [1.29, 1.82) is 5.26 Å². The smallest absolute Gasteiger partial charge is 0.120 e. The van der Waals surface area contributed by atoms with Crippen molar-refractivity contribution in [2.75, 3.05) is 13.7 Å². The molecule has 23 heavy (non-hydrogen) atoms. The Labute approximate surface area is 136 Å². The number of hydrogen-bond donors (Lipinski definition) is 1. The number of rotatable bonds is 4. The Bertz CT molecular complexity index is 732. The van der Waals surface area contributed by atoms with Crippen LogP contribution in [0, 0.1) is 11.3 Å². The van der Waals surface area contributed by atoms with Crippen LogP contribution in [0.3, 0.4) is 0 Å². The van der Waals surface area contributed by atoms with Crippen molar-refractivity contribution < 1.29 is 9.84 Å². The normalized spacial score (nSPS) is 21.3. The van der Waals surface area contributed by atoms with Crippen LogP contribution in [0.25, 0.3) is 0 Å². The Morgan fingerprint density at radius 2 is 2.22 bits per heavy atom. The Hall–Kier alpha value is -2.29. The van der Waals surface area contributed by atoms with Gasteiger partial charge in [0.2, 0.25) is 0 Å². The average molecular weight is 311 g/mol. The van der Waals surface area contributed by atoms with Gasteiger partial charge in [0.05, 0.1) is 13.2 Å². The van der Waals surface area contributed by atoms with E-state index in [2.05, 4.69) is 17.0 Å². The minimum Gasteiger partial charge on any atom is -0.497 e. The van der Waals surface area contributed by atoms with Gasteiger partial charge in [-0.2, -0.15) is 5.26 Å². The van der Waals surface area contributed by atoms with Gasteiger partial charge in [0.15, 0.2) is 0 Å². The molecule has 5 nitrogen and oxygen atoms in total. The molecule has 0 bridgehead atoms. The third-order valence-corrected chi connectivity index (χ3v) is 4.42. The molecule has 2 aromatic rings. The lowest BCUT2D eigenvalue weighted by molar-refractivity contribution is 0.172. The van der Waals surface area contributed by atoms with Crippen LogP contribution >= 0.6 is 0 Å². The maximum atomic E-state index is 10.1. The molecule has 2 heterocycles. The van der Waals surface area contributed by atoms with Crippen LogP contribution in [0.15, 0.2) is 36.5 Å². The Kier molecular flexibility index (Phi) is 4.37. The van der Waals surface area contributed by atoms with E-state index in [1.807, 2.05) is 42.1 Å². The summed E-state index contributed by atoms with van der Waals surface area (Å²) >= 11 is 0. The molecule has 3 rings (SSSR count). The predicted molar refractivity (Wildman–Crippen MR) is 86.9 cm³/mol. The van der Waals surface area contributed by atoms with Gasteiger partial charge in [-0.1, -0.05) is 12.1 Å². The van der Waals surface area contributed by atoms with Crippen LogP contribution < -0.4 is 4.74 Å². The number of aromatic nitrogens is 1. The molecule has 1 aromatic carbocycles. The van der Waals surface area contributed by atoms with Gasteiger partial charge in [-0.3, -0.25) is 4.90 Å². The molecule has 120 valence electrons. The van der Waals surface area contributed by atoms with Crippen molar-refractivity contribution >= 4 is 0 Å². The van der Waals surface area contributed by atoms with Crippen LogP contribution in [0.2, 0.25) is 0 Å². The van der Waals surface area contributed by atoms with Gasteiger partial charge >= 0.3 is 0 Å². The van der Waals surface area contributed by atoms with Crippen molar-refractivity contribution in [3.05, 3.63) is 53.3 Å². The summed E-state index contributed by atoms with van der Waals surface area (Å²) in [6.07, 6.45) is 2.36. The largest absolute Gasteiger partial charge is 0.497 e. The standard InChI is InChI=1S/C18H21N3O2/c1-20-10-13(6-15(20)9-19)11-21-12-16(22)8-18(21)14-4-3-5-17(7-14)23-2/h3-7,10,16,18,22H,8,11-12H2,1-2H3/t16-,18+/m1/s1. The molecular formula is C18H21N3O2. The lowest BCUT2D eigenvalue weighted by Crippen LogP contribution is -2.24. The molecule has 1 aromatic heterocycles. The molecule has 0 saturated carbocycles. The molecular weight excluding hydrogens is 290 g/mol. The number of likely N-dealkylation sites (tertiary alicyclic amines) is 1. The first-order chi connectivity index (χ1) is 11.1. The van der Waals surface area contributed by atoms with E-state index in [9.17, 15) is 5.11 Å². The van der Waals surface area contributed by atoms with E-state index >= 15 is 0 Å². The fourth-order valence-electron chi connectivity index (χ4n) is 3.31. The summed E-state index contributed by atoms with van der Waals surface area (Å²) in [4.78, 5) is 2.26. The number of nitrogens with zero attached hydrogens (tertiary/aromatic N) is 3. The molecule has 0 aliphatic carbocycles. The highest BCUT2D eigenvalue weighted by Gasteiger charge is 2.32. The molecule has 0 amide bonds. The van der Waals surface area contributed by atoms with Gasteiger partial charge in [-0.15, -0.1) is 0 Å². The summed E-state index contributed by atoms with van der Waals surface area (Å²) in [6.45, 7) is 1.35. The molecule has 0 spiro atoms. The van der Waals surface area contributed by atoms with Gasteiger partial charge in [-0.25, -0.2) is 0 Å². The summed E-state index contributed by atoms with van der Waals surface area (Å²) < 4.78 is 7.14. The second kappa shape index (κ2) is 6.45. The fraction of sp³-hybridized carbons (Fsp3) is 0.389. The number of ether oxygens (including phenoxy) is 1. The van der Waals surface area contributed by atoms with Gasteiger partial charge in [0, 0.05) is 32.4 Å². The second-order valence-corrected chi connectivity index (χ2v) is 6.07. The number of methoxy groups -OCH3 is 1. The Balaban J connectivity index is 1.83. The SMILES string of the molecule is COc1cccc([C@@H]2C[C@@H](O)CN2Cc2cc(C#N)n(C)c2)c1. The van der Waals surface area contributed by atoms with Crippen molar-refractivity contribution in [3.8, 4) is 11.8 Å². The van der Waals surface area contributed by atoms with E-state index in [4.69, 9.17) is 10.00 Å². The highest BCUT2D eigenvalue weighted by molar-refractivity contribution is 5.32. The van der Waals surface area contributed by atoms with Gasteiger partial charge in [0.25, 0.3) is 0 Å². The number of nitriles is 1. The van der Waals surface area contributed by atoms with E-state index < -0.39 is 0 Å². The van der Waals surface area contributed by atoms with Crippen molar-refractivity contribution in [2.24, 2.45) is 7.05 Å². The summed E-state index contributed by atoms with van der Waals surface area (Å²) in [5, 5.41) is 19.2. The summed E-state index contributed by atoms with van der Waals surface area (Å²) in [6, 6.07) is 12.3. The molecule has 1 fully saturated rings. The zero-order valence-electron chi connectivity index (χ0n) is 13.4. The maximum Gasteiger partial charge on any atom is 0.120 e. The summed E-state index contributed by atoms with van der Waals surface area (Å²) in [7, 11) is 3.54. The number of hydrogen-bond acceptors (Lipinski definition) is 4. The van der Waals surface area contributed by atoms with Crippen LogP contribution in [0.1, 0.15) is 29.3 Å². The molecule has 5 heteroatoms. The number of β-amino-alcohol motifs (C(OH)–C–C–N with tert-alkyl or cyclic N) is 1. The van der Waals surface area contributed by atoms with E-state index in [-0.39, 0.29) is 12.1 Å². The van der Waals surface area contributed by atoms with E-state index in [1.165, 1.54) is 0 Å². The van der Waals surface area contributed by atoms with Crippen LogP contribution in [0.4, 0.5) is 0 Å². The number of aryl methyl sites for hydroxylation is 1. The van der Waals surface area contributed by atoms with Crippen molar-refractivity contribution in [2.45, 2.75) is 25.1 Å². The van der Waals surface area contributed by atoms with Crippen LogP contribution in [-0.4, -0.2) is 34.3 Å². The molecule has 0 unspecified atom stereocenters. The quantitative estimate of drug-likeness (QED) is 0.940. The fourth-order valence-corrected chi connectivity index (χ4v) is 3.31. The molecule has 1 aliphatic rings. The predicted octanol–water partition coefficient (Wildman–Crippen LogP) is 2.21. The third-order valence-electron chi connectivity index (χ3n) is 4.42. The zero-order valence-corrected chi connectivity index (χ0v) is 13.4. The summed E-state index contributed by atoms with van der Waals surface area (Å²) in [5.41, 5.74) is 2.89. The van der Waals surface area contributed by atoms with E-state index in [1.54, 1.807) is 7.11 Å². The maximum absolute atomic E-state index is 10.1. The minimum atomic E-state index is -0.328. The molecule has 0 radical (unpaired) electrons. The number of benzene rings is 1. The topological polar surface area (TPSA) is 61.4 Å². The average Bonchev–Trinajstić information content (AvgIpc) is 3.09. The highest BCUT2D eigenvalue weighted by Crippen LogP contribution is 2.34. The first-order valence-corrected chi connectivity index (χ1v) is 7.72. The van der Waals surface area contributed by atoms with Gasteiger partial charge < -0.3 is 14.4 Å². The zero-order chi connectivity index (χ0) is 16.4. The van der Waals surface area contributed by atoms with Crippen molar-refractivity contribution in [3.63, 3.8) is 0 Å². The Morgan fingerprint density at radius 3 is 2.91 bits per heavy atom. The third kappa shape index (κ3) is 3.24. The first-order valence-electron chi connectivity index (χ1n) is 7.72. The molecule has 1 saturated heterocycles. The van der Waals surface area contributed by atoms with Crippen LogP contribution in [-0.2, 0) is 13.6 Å². The highest BCUT2D eigenvalue weighted by atomic mass is 16.5. The first kappa shape index (κ1) is 15.6.